The Morgan fingerprint density at radius 2 is 1.80 bits per heavy atom. The van der Waals surface area contributed by atoms with Gasteiger partial charge in [-0.3, -0.25) is 4.79 Å². The molecule has 0 atom stereocenters. The fourth-order valence-electron chi connectivity index (χ4n) is 3.37. The molecule has 1 aromatic heterocycles. The Morgan fingerprint density at radius 1 is 1.13 bits per heavy atom. The molecule has 0 N–H and O–H groups in total. The van der Waals surface area contributed by atoms with Crippen LogP contribution in [0.15, 0.2) is 46.3 Å². The Kier molecular flexibility index (Phi) is 5.82. The van der Waals surface area contributed by atoms with E-state index in [9.17, 15) is 13.2 Å². The third-order valence-electron chi connectivity index (χ3n) is 5.01. The fraction of sp³-hybridized carbons (Fsp3) is 0.300. The van der Waals surface area contributed by atoms with E-state index in [2.05, 4.69) is 4.99 Å². The van der Waals surface area contributed by atoms with Gasteiger partial charge < -0.3 is 9.30 Å². The molecule has 1 saturated heterocycles. The van der Waals surface area contributed by atoms with Gasteiger partial charge in [-0.05, 0) is 42.8 Å². The molecular weight excluding hydrogens is 446 g/mol. The second kappa shape index (κ2) is 8.24. The Labute approximate surface area is 183 Å². The Balaban J connectivity index is 1.65. The number of carbonyl (C=O) groups is 1. The second-order valence-corrected chi connectivity index (χ2v) is 10.3. The van der Waals surface area contributed by atoms with Gasteiger partial charge in [0.25, 0.3) is 5.91 Å². The lowest BCUT2D eigenvalue weighted by Gasteiger charge is -2.26. The molecule has 30 heavy (non-hydrogen) atoms. The van der Waals surface area contributed by atoms with E-state index in [1.54, 1.807) is 0 Å². The molecule has 4 rings (SSSR count). The van der Waals surface area contributed by atoms with E-state index >= 15 is 0 Å². The third kappa shape index (κ3) is 3.83. The van der Waals surface area contributed by atoms with Crippen LogP contribution in [-0.2, 0) is 21.8 Å². The van der Waals surface area contributed by atoms with E-state index in [4.69, 9.17) is 16.3 Å². The first-order valence-electron chi connectivity index (χ1n) is 9.30. The molecule has 1 aliphatic rings. The van der Waals surface area contributed by atoms with Gasteiger partial charge in [0, 0.05) is 25.7 Å². The van der Waals surface area contributed by atoms with E-state index in [0.717, 1.165) is 15.8 Å². The number of fused-ring (bicyclic) bond motifs is 1. The molecule has 2 heterocycles. The van der Waals surface area contributed by atoms with Gasteiger partial charge in [-0.25, -0.2) is 8.42 Å². The highest BCUT2D eigenvalue weighted by Crippen LogP contribution is 2.28. The zero-order chi connectivity index (χ0) is 21.5. The van der Waals surface area contributed by atoms with Crippen molar-refractivity contribution in [3.63, 3.8) is 0 Å². The lowest BCUT2D eigenvalue weighted by molar-refractivity contribution is 0.0730. The average Bonchev–Trinajstić information content (AvgIpc) is 3.09. The normalized spacial score (nSPS) is 16.3. The van der Waals surface area contributed by atoms with Crippen LogP contribution < -0.4 is 4.80 Å². The minimum absolute atomic E-state index is 0.149. The van der Waals surface area contributed by atoms with Crippen molar-refractivity contribution in [1.29, 1.82) is 0 Å². The minimum atomic E-state index is -3.60. The van der Waals surface area contributed by atoms with Gasteiger partial charge in [-0.2, -0.15) is 9.30 Å². The quantitative estimate of drug-likeness (QED) is 0.595. The van der Waals surface area contributed by atoms with Crippen molar-refractivity contribution in [3.05, 3.63) is 57.3 Å². The molecule has 1 amide bonds. The van der Waals surface area contributed by atoms with Crippen molar-refractivity contribution < 1.29 is 17.9 Å². The number of hydrogen-bond acceptors (Lipinski definition) is 5. The fourth-order valence-corrected chi connectivity index (χ4v) is 6.14. The molecule has 0 radical (unpaired) electrons. The van der Waals surface area contributed by atoms with Crippen molar-refractivity contribution >= 4 is 49.1 Å². The lowest BCUT2D eigenvalue weighted by Crippen LogP contribution is -2.40. The van der Waals surface area contributed by atoms with Crippen molar-refractivity contribution in [1.82, 2.24) is 8.87 Å². The monoisotopic (exact) mass is 465 g/mol. The first-order chi connectivity index (χ1) is 14.3. The van der Waals surface area contributed by atoms with Gasteiger partial charge in [0.15, 0.2) is 4.80 Å². The highest BCUT2D eigenvalue weighted by molar-refractivity contribution is 7.89. The van der Waals surface area contributed by atoms with Crippen LogP contribution in [0.2, 0.25) is 5.02 Å². The molecule has 1 aliphatic heterocycles. The molecule has 0 bridgehead atoms. The number of aryl methyl sites for hydroxylation is 2. The summed E-state index contributed by atoms with van der Waals surface area (Å²) in [6.07, 6.45) is 0. The summed E-state index contributed by atoms with van der Waals surface area (Å²) in [5.74, 6) is -0.443. The zero-order valence-corrected chi connectivity index (χ0v) is 18.9. The first kappa shape index (κ1) is 21.2. The van der Waals surface area contributed by atoms with E-state index < -0.39 is 15.9 Å². The summed E-state index contributed by atoms with van der Waals surface area (Å²) in [4.78, 5) is 17.6. The zero-order valence-electron chi connectivity index (χ0n) is 16.5. The third-order valence-corrected chi connectivity index (χ3v) is 8.51. The minimum Gasteiger partial charge on any atom is -0.379 e. The second-order valence-electron chi connectivity index (χ2n) is 6.94. The van der Waals surface area contributed by atoms with Gasteiger partial charge in [-0.1, -0.05) is 29.0 Å². The standard InChI is InChI=1S/C20H20ClN3O4S2/c1-13-3-8-16(21)18-17(13)23(2)20(29-18)22-19(25)14-4-6-15(7-5-14)30(26,27)24-9-11-28-12-10-24/h3-8H,9-12H2,1-2H3. The molecule has 0 spiro atoms. The molecule has 10 heteroatoms. The predicted molar refractivity (Wildman–Crippen MR) is 116 cm³/mol. The molecule has 1 fully saturated rings. The van der Waals surface area contributed by atoms with Crippen LogP contribution in [0.3, 0.4) is 0 Å². The van der Waals surface area contributed by atoms with Crippen LogP contribution in [-0.4, -0.2) is 49.5 Å². The number of ether oxygens (including phenoxy) is 1. The maximum Gasteiger partial charge on any atom is 0.279 e. The van der Waals surface area contributed by atoms with Crippen LogP contribution in [0.4, 0.5) is 0 Å². The Hall–Kier alpha value is -2.04. The van der Waals surface area contributed by atoms with E-state index in [1.807, 2.05) is 30.7 Å². The summed E-state index contributed by atoms with van der Waals surface area (Å²) in [5, 5.41) is 0.614. The summed E-state index contributed by atoms with van der Waals surface area (Å²) >= 11 is 7.64. The van der Waals surface area contributed by atoms with Crippen LogP contribution in [0, 0.1) is 6.92 Å². The van der Waals surface area contributed by atoms with E-state index in [-0.39, 0.29) is 4.90 Å². The van der Waals surface area contributed by atoms with Crippen LogP contribution >= 0.6 is 22.9 Å². The molecule has 0 saturated carbocycles. The van der Waals surface area contributed by atoms with Crippen molar-refractivity contribution in [2.45, 2.75) is 11.8 Å². The summed E-state index contributed by atoms with van der Waals surface area (Å²) in [5.41, 5.74) is 2.29. The molecule has 0 unspecified atom stereocenters. The molecule has 3 aromatic rings. The van der Waals surface area contributed by atoms with Gasteiger partial charge in [0.05, 0.1) is 33.3 Å². The number of thiazole rings is 1. The SMILES string of the molecule is Cc1ccc(Cl)c2sc(=NC(=O)c3ccc(S(=O)(=O)N4CCOCC4)cc3)n(C)c12. The number of aromatic nitrogens is 1. The highest BCUT2D eigenvalue weighted by atomic mass is 35.5. The van der Waals surface area contributed by atoms with Crippen molar-refractivity contribution in [3.8, 4) is 0 Å². The first-order valence-corrected chi connectivity index (χ1v) is 11.9. The largest absolute Gasteiger partial charge is 0.379 e. The number of carbonyl (C=O) groups excluding carboxylic acids is 1. The number of hydrogen-bond donors (Lipinski definition) is 0. The van der Waals surface area contributed by atoms with Crippen LogP contribution in [0.1, 0.15) is 15.9 Å². The van der Waals surface area contributed by atoms with Gasteiger partial charge in [-0.15, -0.1) is 0 Å². The van der Waals surface area contributed by atoms with Crippen LogP contribution in [0.25, 0.3) is 10.2 Å². The Morgan fingerprint density at radius 3 is 2.43 bits per heavy atom. The number of halogens is 1. The smallest absolute Gasteiger partial charge is 0.279 e. The highest BCUT2D eigenvalue weighted by Gasteiger charge is 2.26. The Bertz CT molecular complexity index is 1290. The number of morpholine rings is 1. The summed E-state index contributed by atoms with van der Waals surface area (Å²) in [7, 11) is -1.76. The number of nitrogens with zero attached hydrogens (tertiary/aromatic N) is 3. The van der Waals surface area contributed by atoms with E-state index in [0.29, 0.717) is 41.7 Å². The molecule has 2 aromatic carbocycles. The average molecular weight is 466 g/mol. The maximum atomic E-state index is 12.7. The molecule has 7 nitrogen and oxygen atoms in total. The summed E-state index contributed by atoms with van der Waals surface area (Å²) in [6, 6.07) is 9.62. The van der Waals surface area contributed by atoms with E-state index in [1.165, 1.54) is 39.9 Å². The lowest BCUT2D eigenvalue weighted by atomic mass is 10.2. The molecule has 158 valence electrons. The van der Waals surface area contributed by atoms with Crippen molar-refractivity contribution in [2.75, 3.05) is 26.3 Å². The predicted octanol–water partition coefficient (Wildman–Crippen LogP) is 2.96. The van der Waals surface area contributed by atoms with Gasteiger partial charge in [0.2, 0.25) is 10.0 Å². The van der Waals surface area contributed by atoms with Crippen molar-refractivity contribution in [2.24, 2.45) is 12.0 Å². The number of sulfonamides is 1. The van der Waals surface area contributed by atoms with Crippen LogP contribution in [0.5, 0.6) is 0 Å². The van der Waals surface area contributed by atoms with Gasteiger partial charge in [0.1, 0.15) is 0 Å². The van der Waals surface area contributed by atoms with Gasteiger partial charge >= 0.3 is 0 Å². The molecular formula is C20H20ClN3O4S2. The number of rotatable bonds is 3. The number of amides is 1. The maximum absolute atomic E-state index is 12.7. The molecule has 0 aliphatic carbocycles. The summed E-state index contributed by atoms with van der Waals surface area (Å²) < 4.78 is 34.7. The summed E-state index contributed by atoms with van der Waals surface area (Å²) in [6.45, 7) is 3.38. The number of benzene rings is 2. The topological polar surface area (TPSA) is 81.0 Å².